The van der Waals surface area contributed by atoms with Gasteiger partial charge in [-0.05, 0) is 43.1 Å². The molecule has 114 valence electrons. The summed E-state index contributed by atoms with van der Waals surface area (Å²) in [6.45, 7) is 10.6. The minimum Gasteiger partial charge on any atom is -0.299 e. The van der Waals surface area contributed by atoms with Crippen LogP contribution in [0.4, 0.5) is 0 Å². The smallest absolute Gasteiger partial charge is 0.155 e. The van der Waals surface area contributed by atoms with Gasteiger partial charge in [0.1, 0.15) is 5.78 Å². The van der Waals surface area contributed by atoms with E-state index < -0.39 is 0 Å². The Morgan fingerprint density at radius 2 is 1.86 bits per heavy atom. The zero-order valence-electron chi connectivity index (χ0n) is 13.5. The molecule has 2 fully saturated rings. The van der Waals surface area contributed by atoms with E-state index in [1.807, 2.05) is 6.08 Å². The fraction of sp³-hybridized carbons (Fsp3) is 0.684. The standard InChI is InChI=1S/C19H26O2/c1-5-19-10-6-13(20)12-15(19)18(4)9-8-16(21)17(2,3)14(18)7-11-19/h5,12,14H,1,6-11H2,2-4H3/t14-,18-,19+/m0/s1. The first-order valence-electron chi connectivity index (χ1n) is 8.19. The van der Waals surface area contributed by atoms with Crippen molar-refractivity contribution in [2.24, 2.45) is 22.2 Å². The van der Waals surface area contributed by atoms with Crippen LogP contribution in [0.1, 0.15) is 59.3 Å². The number of allylic oxidation sites excluding steroid dienone is 3. The number of hydrogen-bond donors (Lipinski definition) is 0. The molecule has 3 rings (SSSR count). The van der Waals surface area contributed by atoms with Gasteiger partial charge in [0.25, 0.3) is 0 Å². The Balaban J connectivity index is 2.14. The van der Waals surface area contributed by atoms with Crippen LogP contribution >= 0.6 is 0 Å². The first-order valence-corrected chi connectivity index (χ1v) is 8.19. The third-order valence-corrected chi connectivity index (χ3v) is 6.77. The largest absolute Gasteiger partial charge is 0.299 e. The van der Waals surface area contributed by atoms with Gasteiger partial charge in [-0.2, -0.15) is 0 Å². The van der Waals surface area contributed by atoms with E-state index in [2.05, 4.69) is 33.4 Å². The van der Waals surface area contributed by atoms with Crippen molar-refractivity contribution in [3.8, 4) is 0 Å². The summed E-state index contributed by atoms with van der Waals surface area (Å²) in [4.78, 5) is 24.4. The van der Waals surface area contributed by atoms with E-state index in [0.29, 0.717) is 24.5 Å². The summed E-state index contributed by atoms with van der Waals surface area (Å²) in [6, 6.07) is 0. The molecule has 0 aromatic carbocycles. The summed E-state index contributed by atoms with van der Waals surface area (Å²) in [6.07, 6.45) is 9.14. The van der Waals surface area contributed by atoms with Gasteiger partial charge in [-0.1, -0.05) is 32.4 Å². The normalized spacial score (nSPS) is 41.9. The maximum absolute atomic E-state index is 12.4. The molecule has 0 aliphatic heterocycles. The number of Topliss-reactive ketones (excluding diaryl/α,β-unsaturated/α-hetero) is 1. The van der Waals surface area contributed by atoms with Crippen LogP contribution in [0, 0.1) is 22.2 Å². The van der Waals surface area contributed by atoms with Gasteiger partial charge < -0.3 is 0 Å². The molecule has 0 radical (unpaired) electrons. The molecule has 0 heterocycles. The Labute approximate surface area is 127 Å². The predicted octanol–water partition coefficient (Wildman–Crippen LogP) is 4.25. The molecule has 21 heavy (non-hydrogen) atoms. The number of fused-ring (bicyclic) bond motifs is 3. The highest BCUT2D eigenvalue weighted by atomic mass is 16.1. The fourth-order valence-corrected chi connectivity index (χ4v) is 5.43. The van der Waals surface area contributed by atoms with Crippen molar-refractivity contribution in [3.63, 3.8) is 0 Å². The van der Waals surface area contributed by atoms with Gasteiger partial charge in [-0.25, -0.2) is 0 Å². The van der Waals surface area contributed by atoms with Gasteiger partial charge in [-0.15, -0.1) is 6.58 Å². The maximum atomic E-state index is 12.4. The van der Waals surface area contributed by atoms with Crippen LogP contribution in [0.5, 0.6) is 0 Å². The van der Waals surface area contributed by atoms with Crippen LogP contribution < -0.4 is 0 Å². The average Bonchev–Trinajstić information content (AvgIpc) is 2.44. The van der Waals surface area contributed by atoms with Crippen molar-refractivity contribution in [2.75, 3.05) is 0 Å². The second-order valence-corrected chi connectivity index (χ2v) is 8.04. The van der Waals surface area contributed by atoms with Crippen molar-refractivity contribution in [1.82, 2.24) is 0 Å². The molecule has 3 atom stereocenters. The lowest BCUT2D eigenvalue weighted by Crippen LogP contribution is -2.54. The van der Waals surface area contributed by atoms with Gasteiger partial charge in [0.05, 0.1) is 0 Å². The monoisotopic (exact) mass is 286 g/mol. The highest BCUT2D eigenvalue weighted by Gasteiger charge is 2.59. The molecule has 2 saturated carbocycles. The summed E-state index contributed by atoms with van der Waals surface area (Å²) in [5.74, 6) is 0.981. The maximum Gasteiger partial charge on any atom is 0.155 e. The topological polar surface area (TPSA) is 34.1 Å². The van der Waals surface area contributed by atoms with Crippen LogP contribution in [0.15, 0.2) is 24.3 Å². The molecule has 3 aliphatic carbocycles. The van der Waals surface area contributed by atoms with Crippen molar-refractivity contribution in [3.05, 3.63) is 24.3 Å². The van der Waals surface area contributed by atoms with E-state index >= 15 is 0 Å². The third kappa shape index (κ3) is 1.84. The Kier molecular flexibility index (Phi) is 3.10. The number of rotatable bonds is 1. The summed E-state index contributed by atoms with van der Waals surface area (Å²) in [7, 11) is 0. The van der Waals surface area contributed by atoms with Crippen molar-refractivity contribution < 1.29 is 9.59 Å². The van der Waals surface area contributed by atoms with E-state index in [9.17, 15) is 9.59 Å². The Bertz CT molecular complexity index is 554. The molecule has 0 bridgehead atoms. The minimum absolute atomic E-state index is 0.00434. The summed E-state index contributed by atoms with van der Waals surface area (Å²) < 4.78 is 0. The van der Waals surface area contributed by atoms with Crippen LogP contribution in [0.25, 0.3) is 0 Å². The zero-order valence-corrected chi connectivity index (χ0v) is 13.5. The van der Waals surface area contributed by atoms with Gasteiger partial charge in [0.2, 0.25) is 0 Å². The lowest BCUT2D eigenvalue weighted by Gasteiger charge is -2.59. The number of hydrogen-bond acceptors (Lipinski definition) is 2. The summed E-state index contributed by atoms with van der Waals surface area (Å²) >= 11 is 0. The molecule has 0 aromatic rings. The molecule has 3 aliphatic rings. The molecular formula is C19H26O2. The van der Waals surface area contributed by atoms with Crippen molar-refractivity contribution in [2.45, 2.75) is 59.3 Å². The van der Waals surface area contributed by atoms with E-state index in [0.717, 1.165) is 25.7 Å². The summed E-state index contributed by atoms with van der Waals surface area (Å²) in [5.41, 5.74) is 0.968. The Hall–Kier alpha value is -1.18. The number of ketones is 2. The van der Waals surface area contributed by atoms with Crippen LogP contribution in [0.2, 0.25) is 0 Å². The lowest BCUT2D eigenvalue weighted by atomic mass is 9.44. The first-order chi connectivity index (χ1) is 9.76. The predicted molar refractivity (Wildman–Crippen MR) is 83.8 cm³/mol. The van der Waals surface area contributed by atoms with Gasteiger partial charge >= 0.3 is 0 Å². The average molecular weight is 286 g/mol. The van der Waals surface area contributed by atoms with Gasteiger partial charge in [0, 0.05) is 23.7 Å². The van der Waals surface area contributed by atoms with E-state index in [-0.39, 0.29) is 22.0 Å². The second kappa shape index (κ2) is 4.41. The summed E-state index contributed by atoms with van der Waals surface area (Å²) in [5, 5.41) is 0. The third-order valence-electron chi connectivity index (χ3n) is 6.77. The Morgan fingerprint density at radius 1 is 1.14 bits per heavy atom. The van der Waals surface area contributed by atoms with Crippen molar-refractivity contribution >= 4 is 11.6 Å². The van der Waals surface area contributed by atoms with E-state index in [1.165, 1.54) is 5.57 Å². The van der Waals surface area contributed by atoms with Crippen LogP contribution in [-0.4, -0.2) is 11.6 Å². The molecule has 0 amide bonds. The van der Waals surface area contributed by atoms with Gasteiger partial charge in [0.15, 0.2) is 5.78 Å². The van der Waals surface area contributed by atoms with Gasteiger partial charge in [-0.3, -0.25) is 9.59 Å². The molecule has 2 heteroatoms. The number of carbonyl (C=O) groups is 2. The van der Waals surface area contributed by atoms with E-state index in [4.69, 9.17) is 0 Å². The molecular weight excluding hydrogens is 260 g/mol. The highest BCUT2D eigenvalue weighted by Crippen LogP contribution is 2.65. The fourth-order valence-electron chi connectivity index (χ4n) is 5.43. The molecule has 0 unspecified atom stereocenters. The van der Waals surface area contributed by atoms with Crippen LogP contribution in [0.3, 0.4) is 0 Å². The second-order valence-electron chi connectivity index (χ2n) is 8.04. The first kappa shape index (κ1) is 14.7. The minimum atomic E-state index is -0.276. The molecule has 0 aromatic heterocycles. The SMILES string of the molecule is C=C[C@]12CCC(=O)C=C1[C@@]1(C)CCC(=O)C(C)(C)[C@@H]1CC2. The van der Waals surface area contributed by atoms with Crippen molar-refractivity contribution in [1.29, 1.82) is 0 Å². The lowest BCUT2D eigenvalue weighted by molar-refractivity contribution is -0.141. The van der Waals surface area contributed by atoms with E-state index in [1.54, 1.807) is 0 Å². The zero-order chi connectivity index (χ0) is 15.5. The molecule has 0 N–H and O–H groups in total. The Morgan fingerprint density at radius 3 is 2.52 bits per heavy atom. The van der Waals surface area contributed by atoms with Crippen LogP contribution in [-0.2, 0) is 9.59 Å². The molecule has 2 nitrogen and oxygen atoms in total. The highest BCUT2D eigenvalue weighted by molar-refractivity contribution is 5.92. The quantitative estimate of drug-likeness (QED) is 0.675. The molecule has 0 spiro atoms. The molecule has 0 saturated heterocycles. The number of carbonyl (C=O) groups excluding carboxylic acids is 2.